The predicted octanol–water partition coefficient (Wildman–Crippen LogP) is 0.997. The van der Waals surface area contributed by atoms with E-state index < -0.39 is 24.1 Å². The van der Waals surface area contributed by atoms with Gasteiger partial charge in [0.2, 0.25) is 5.91 Å². The number of cyclic esters (lactones) is 1. The summed E-state index contributed by atoms with van der Waals surface area (Å²) in [4.78, 5) is 39.9. The number of hydrogen-bond acceptors (Lipinski definition) is 5. The Kier molecular flexibility index (Phi) is 4.58. The third-order valence-corrected chi connectivity index (χ3v) is 4.40. The summed E-state index contributed by atoms with van der Waals surface area (Å²) in [5.41, 5.74) is 0.594. The van der Waals surface area contributed by atoms with Crippen molar-refractivity contribution in [3.8, 4) is 0 Å². The molecule has 2 saturated heterocycles. The first-order chi connectivity index (χ1) is 12.3. The summed E-state index contributed by atoms with van der Waals surface area (Å²) < 4.78 is 19.7. The van der Waals surface area contributed by atoms with Gasteiger partial charge in [-0.2, -0.15) is 0 Å². The van der Waals surface area contributed by atoms with E-state index in [1.807, 2.05) is 0 Å². The Balaban J connectivity index is 1.72. The number of anilines is 2. The molecule has 2 fully saturated rings. The van der Waals surface area contributed by atoms with Crippen LogP contribution in [0.1, 0.15) is 0 Å². The van der Waals surface area contributed by atoms with E-state index in [1.165, 1.54) is 29.0 Å². The minimum atomic E-state index is -1.12. The van der Waals surface area contributed by atoms with Crippen molar-refractivity contribution in [2.45, 2.75) is 6.10 Å². The molecule has 2 aliphatic heterocycles. The number of likely N-dealkylation sites (N-methyl/N-ethyl adjacent to an activating group) is 2. The summed E-state index contributed by atoms with van der Waals surface area (Å²) in [7, 11) is 3.02. The molecular weight excluding hydrogens is 347 g/mol. The Morgan fingerprint density at radius 2 is 2.15 bits per heavy atom. The molecule has 1 aromatic rings. The first kappa shape index (κ1) is 17.8. The molecule has 26 heavy (non-hydrogen) atoms. The third-order valence-electron chi connectivity index (χ3n) is 4.40. The number of carboxylic acid groups (broad SMARTS) is 1. The fourth-order valence-corrected chi connectivity index (χ4v) is 2.96. The lowest BCUT2D eigenvalue weighted by Crippen LogP contribution is -2.35. The van der Waals surface area contributed by atoms with Crippen LogP contribution in [0.3, 0.4) is 0 Å². The lowest BCUT2D eigenvalue weighted by molar-refractivity contribution is -0.125. The molecule has 1 aromatic carbocycles. The zero-order valence-electron chi connectivity index (χ0n) is 14.4. The number of ether oxygens (including phenoxy) is 1. The quantitative estimate of drug-likeness (QED) is 0.854. The van der Waals surface area contributed by atoms with Gasteiger partial charge in [0, 0.05) is 14.1 Å². The molecule has 0 bridgehead atoms. The molecule has 9 nitrogen and oxygen atoms in total. The van der Waals surface area contributed by atoms with Gasteiger partial charge in [-0.1, -0.05) is 0 Å². The van der Waals surface area contributed by atoms with Gasteiger partial charge in [0.1, 0.15) is 11.9 Å². The maximum Gasteiger partial charge on any atom is 0.414 e. The van der Waals surface area contributed by atoms with Gasteiger partial charge < -0.3 is 24.5 Å². The SMILES string of the molecule is CN(C[C@H]1CN(c2ccc(N3CC(=O)N(C)C3)c(F)c2)C(=O)O1)C(=O)O. The predicted molar refractivity (Wildman–Crippen MR) is 89.7 cm³/mol. The average molecular weight is 366 g/mol. The molecule has 0 unspecified atom stereocenters. The van der Waals surface area contributed by atoms with Crippen LogP contribution in [0.4, 0.5) is 25.4 Å². The van der Waals surface area contributed by atoms with Crippen molar-refractivity contribution in [1.29, 1.82) is 0 Å². The van der Waals surface area contributed by atoms with Gasteiger partial charge in [-0.25, -0.2) is 14.0 Å². The second kappa shape index (κ2) is 6.70. The highest BCUT2D eigenvalue weighted by Gasteiger charge is 2.34. The second-order valence-electron chi connectivity index (χ2n) is 6.35. The van der Waals surface area contributed by atoms with Crippen molar-refractivity contribution in [3.05, 3.63) is 24.0 Å². The van der Waals surface area contributed by atoms with E-state index >= 15 is 0 Å². The molecule has 2 aliphatic rings. The van der Waals surface area contributed by atoms with E-state index in [-0.39, 0.29) is 31.2 Å². The molecular formula is C16H19FN4O5. The molecule has 140 valence electrons. The maximum atomic E-state index is 14.5. The summed E-state index contributed by atoms with van der Waals surface area (Å²) in [5, 5.41) is 8.89. The molecule has 1 N–H and O–H groups in total. The van der Waals surface area contributed by atoms with Gasteiger partial charge in [-0.3, -0.25) is 9.69 Å². The zero-order chi connectivity index (χ0) is 19.0. The summed E-state index contributed by atoms with van der Waals surface area (Å²) in [6, 6.07) is 4.30. The first-order valence-corrected chi connectivity index (χ1v) is 7.97. The standard InChI is InChI=1S/C16H19FN4O5/c1-18(15(23)24)6-11-7-21(16(25)26-11)10-3-4-13(12(17)5-10)20-8-14(22)19(2)9-20/h3-5,11H,6-9H2,1-2H3,(H,23,24)/t11-/m0/s1. The second-order valence-corrected chi connectivity index (χ2v) is 6.35. The third kappa shape index (κ3) is 3.35. The van der Waals surface area contributed by atoms with Gasteiger partial charge in [-0.05, 0) is 18.2 Å². The van der Waals surface area contributed by atoms with Crippen LogP contribution >= 0.6 is 0 Å². The number of hydrogen-bond donors (Lipinski definition) is 1. The van der Waals surface area contributed by atoms with Gasteiger partial charge in [-0.15, -0.1) is 0 Å². The minimum absolute atomic E-state index is 0.0281. The van der Waals surface area contributed by atoms with Crippen molar-refractivity contribution in [2.24, 2.45) is 0 Å². The minimum Gasteiger partial charge on any atom is -0.465 e. The highest BCUT2D eigenvalue weighted by molar-refractivity contribution is 5.90. The van der Waals surface area contributed by atoms with Crippen LogP contribution in [0.25, 0.3) is 0 Å². The number of carbonyl (C=O) groups is 3. The number of amides is 3. The van der Waals surface area contributed by atoms with Crippen LogP contribution < -0.4 is 9.80 Å². The normalized spacial score (nSPS) is 20.0. The summed E-state index contributed by atoms with van der Waals surface area (Å²) >= 11 is 0. The molecule has 0 aliphatic carbocycles. The highest BCUT2D eigenvalue weighted by atomic mass is 19.1. The molecule has 0 aromatic heterocycles. The fourth-order valence-electron chi connectivity index (χ4n) is 2.96. The van der Waals surface area contributed by atoms with Crippen LogP contribution in [-0.2, 0) is 9.53 Å². The largest absolute Gasteiger partial charge is 0.465 e. The van der Waals surface area contributed by atoms with Crippen molar-refractivity contribution in [1.82, 2.24) is 9.80 Å². The monoisotopic (exact) mass is 366 g/mol. The van der Waals surface area contributed by atoms with Crippen molar-refractivity contribution in [2.75, 3.05) is 50.2 Å². The Labute approximate surface area is 149 Å². The molecule has 0 radical (unpaired) electrons. The number of halogens is 1. The van der Waals surface area contributed by atoms with Crippen molar-refractivity contribution >= 4 is 29.5 Å². The summed E-state index contributed by atoms with van der Waals surface area (Å²) in [6.07, 6.45) is -2.41. The number of nitrogens with zero attached hydrogens (tertiary/aromatic N) is 4. The van der Waals surface area contributed by atoms with Crippen molar-refractivity contribution in [3.63, 3.8) is 0 Å². The molecule has 3 amide bonds. The number of benzene rings is 1. The van der Waals surface area contributed by atoms with E-state index in [2.05, 4.69) is 0 Å². The van der Waals surface area contributed by atoms with Gasteiger partial charge >= 0.3 is 12.2 Å². The van der Waals surface area contributed by atoms with E-state index in [4.69, 9.17) is 9.84 Å². The zero-order valence-corrected chi connectivity index (χ0v) is 14.4. The van der Waals surface area contributed by atoms with Gasteiger partial charge in [0.05, 0.1) is 37.7 Å². The smallest absolute Gasteiger partial charge is 0.414 e. The molecule has 10 heteroatoms. The first-order valence-electron chi connectivity index (χ1n) is 7.97. The van der Waals surface area contributed by atoms with Crippen LogP contribution in [-0.4, -0.2) is 79.5 Å². The Bertz CT molecular complexity index is 758. The Morgan fingerprint density at radius 3 is 2.73 bits per heavy atom. The van der Waals surface area contributed by atoms with Crippen molar-refractivity contribution < 1.29 is 28.6 Å². The van der Waals surface area contributed by atoms with E-state index in [9.17, 15) is 18.8 Å². The Morgan fingerprint density at radius 1 is 1.42 bits per heavy atom. The lowest BCUT2D eigenvalue weighted by atomic mass is 10.2. The topological polar surface area (TPSA) is 93.6 Å². The fraction of sp³-hybridized carbons (Fsp3) is 0.438. The Hall–Kier alpha value is -3.04. The molecule has 0 saturated carbocycles. The molecule has 0 spiro atoms. The highest BCUT2D eigenvalue weighted by Crippen LogP contribution is 2.29. The average Bonchev–Trinajstić information content (AvgIpc) is 3.09. The van der Waals surface area contributed by atoms with E-state index in [0.29, 0.717) is 12.4 Å². The van der Waals surface area contributed by atoms with Crippen LogP contribution in [0.5, 0.6) is 0 Å². The van der Waals surface area contributed by atoms with Crippen LogP contribution in [0, 0.1) is 5.82 Å². The van der Waals surface area contributed by atoms with Crippen LogP contribution in [0.15, 0.2) is 18.2 Å². The maximum absolute atomic E-state index is 14.5. The number of rotatable bonds is 4. The van der Waals surface area contributed by atoms with Crippen LogP contribution in [0.2, 0.25) is 0 Å². The van der Waals surface area contributed by atoms with Gasteiger partial charge in [0.15, 0.2) is 0 Å². The van der Waals surface area contributed by atoms with E-state index in [0.717, 1.165) is 4.90 Å². The van der Waals surface area contributed by atoms with E-state index in [1.54, 1.807) is 18.0 Å². The number of carbonyl (C=O) groups excluding carboxylic acids is 2. The summed E-state index contributed by atoms with van der Waals surface area (Å²) in [5.74, 6) is -0.647. The summed E-state index contributed by atoms with van der Waals surface area (Å²) in [6.45, 7) is 0.549. The lowest BCUT2D eigenvalue weighted by Gasteiger charge is -2.20. The molecule has 3 rings (SSSR count). The molecule has 1 atom stereocenters. The van der Waals surface area contributed by atoms with Gasteiger partial charge in [0.25, 0.3) is 0 Å². The molecule has 2 heterocycles.